The largest absolute Gasteiger partial charge is 0.391 e. The molecule has 1 aliphatic heterocycles. The van der Waals surface area contributed by atoms with Crippen molar-refractivity contribution in [1.29, 1.82) is 5.26 Å². The van der Waals surface area contributed by atoms with Crippen LogP contribution in [0.25, 0.3) is 0 Å². The maximum Gasteiger partial charge on any atom is 0.101 e. The third kappa shape index (κ3) is 2.54. The zero-order valence-electron chi connectivity index (χ0n) is 9.73. The molecule has 17 heavy (non-hydrogen) atoms. The second-order valence-corrected chi connectivity index (χ2v) is 4.99. The van der Waals surface area contributed by atoms with Crippen LogP contribution in [0.1, 0.15) is 18.9 Å². The van der Waals surface area contributed by atoms with E-state index >= 15 is 0 Å². The molecule has 1 N–H and O–H groups in total. The maximum atomic E-state index is 9.88. The first kappa shape index (κ1) is 12.2. The third-order valence-corrected chi connectivity index (χ3v) is 3.57. The molecule has 1 aromatic rings. The fourth-order valence-corrected chi connectivity index (χ4v) is 2.31. The van der Waals surface area contributed by atoms with Crippen LogP contribution in [0.2, 0.25) is 5.02 Å². The molecule has 1 aromatic carbocycles. The summed E-state index contributed by atoms with van der Waals surface area (Å²) < 4.78 is 0. The average Bonchev–Trinajstić information content (AvgIpc) is 2.32. The molecule has 2 atom stereocenters. The van der Waals surface area contributed by atoms with Crippen molar-refractivity contribution in [3.8, 4) is 6.07 Å². The molecule has 2 rings (SSSR count). The summed E-state index contributed by atoms with van der Waals surface area (Å²) in [5.74, 6) is 0.323. The fourth-order valence-electron chi connectivity index (χ4n) is 2.14. The molecule has 90 valence electrons. The molecule has 0 bridgehead atoms. The van der Waals surface area contributed by atoms with Crippen LogP contribution < -0.4 is 4.90 Å². The molecule has 0 spiro atoms. The van der Waals surface area contributed by atoms with E-state index < -0.39 is 0 Å². The third-order valence-electron chi connectivity index (χ3n) is 3.34. The summed E-state index contributed by atoms with van der Waals surface area (Å²) in [6.45, 7) is 3.50. The van der Waals surface area contributed by atoms with E-state index in [-0.39, 0.29) is 6.10 Å². The van der Waals surface area contributed by atoms with Crippen molar-refractivity contribution in [2.75, 3.05) is 18.0 Å². The fraction of sp³-hybridized carbons (Fsp3) is 0.462. The first-order chi connectivity index (χ1) is 8.11. The number of hydrogen-bond acceptors (Lipinski definition) is 3. The lowest BCUT2D eigenvalue weighted by molar-refractivity contribution is 0.103. The van der Waals surface area contributed by atoms with Gasteiger partial charge in [0.05, 0.1) is 17.4 Å². The topological polar surface area (TPSA) is 47.3 Å². The molecule has 4 heteroatoms. The van der Waals surface area contributed by atoms with E-state index in [1.54, 1.807) is 12.1 Å². The van der Waals surface area contributed by atoms with Gasteiger partial charge in [-0.05, 0) is 30.5 Å². The lowest BCUT2D eigenvalue weighted by Crippen LogP contribution is -2.43. The van der Waals surface area contributed by atoms with Crippen LogP contribution >= 0.6 is 11.6 Å². The number of nitriles is 1. The number of rotatable bonds is 1. The normalized spacial score (nSPS) is 24.5. The van der Waals surface area contributed by atoms with Crippen LogP contribution in [-0.2, 0) is 0 Å². The van der Waals surface area contributed by atoms with Crippen LogP contribution in [0.4, 0.5) is 5.69 Å². The minimum Gasteiger partial charge on any atom is -0.391 e. The number of nitrogens with zero attached hydrogens (tertiary/aromatic N) is 2. The van der Waals surface area contributed by atoms with Crippen molar-refractivity contribution < 1.29 is 5.11 Å². The van der Waals surface area contributed by atoms with Gasteiger partial charge in [-0.1, -0.05) is 18.5 Å². The molecule has 1 heterocycles. The van der Waals surface area contributed by atoms with E-state index in [4.69, 9.17) is 16.9 Å². The van der Waals surface area contributed by atoms with Crippen molar-refractivity contribution in [3.63, 3.8) is 0 Å². The predicted molar refractivity (Wildman–Crippen MR) is 68.2 cm³/mol. The first-order valence-corrected chi connectivity index (χ1v) is 6.12. The summed E-state index contributed by atoms with van der Waals surface area (Å²) in [6, 6.07) is 7.45. The highest BCUT2D eigenvalue weighted by atomic mass is 35.5. The molecule has 0 radical (unpaired) electrons. The smallest absolute Gasteiger partial charge is 0.101 e. The molecule has 0 amide bonds. The van der Waals surface area contributed by atoms with Gasteiger partial charge >= 0.3 is 0 Å². The Bertz CT molecular complexity index is 455. The predicted octanol–water partition coefficient (Wildman–Crippen LogP) is 2.42. The molecule has 0 unspecified atom stereocenters. The summed E-state index contributed by atoms with van der Waals surface area (Å²) in [6.07, 6.45) is 0.611. The summed E-state index contributed by atoms with van der Waals surface area (Å²) in [4.78, 5) is 2.06. The average molecular weight is 251 g/mol. The van der Waals surface area contributed by atoms with Gasteiger partial charge in [0.25, 0.3) is 0 Å². The van der Waals surface area contributed by atoms with Crippen LogP contribution in [0.15, 0.2) is 18.2 Å². The zero-order chi connectivity index (χ0) is 12.4. The van der Waals surface area contributed by atoms with Gasteiger partial charge in [0.15, 0.2) is 0 Å². The first-order valence-electron chi connectivity index (χ1n) is 5.74. The highest BCUT2D eigenvalue weighted by Gasteiger charge is 2.25. The Morgan fingerprint density at radius 3 is 2.94 bits per heavy atom. The Labute approximate surface area is 106 Å². The van der Waals surface area contributed by atoms with Crippen LogP contribution in [-0.4, -0.2) is 24.3 Å². The minimum atomic E-state index is -0.328. The molecule has 0 saturated carbocycles. The number of aliphatic hydroxyl groups is 1. The molecule has 0 aliphatic carbocycles. The molecular weight excluding hydrogens is 236 g/mol. The van der Waals surface area contributed by atoms with Gasteiger partial charge in [0.2, 0.25) is 0 Å². The van der Waals surface area contributed by atoms with Crippen molar-refractivity contribution in [3.05, 3.63) is 28.8 Å². The van der Waals surface area contributed by atoms with Gasteiger partial charge in [-0.15, -0.1) is 0 Å². The highest BCUT2D eigenvalue weighted by molar-refractivity contribution is 6.30. The maximum absolute atomic E-state index is 9.88. The summed E-state index contributed by atoms with van der Waals surface area (Å²) in [5, 5.41) is 19.5. The van der Waals surface area contributed by atoms with E-state index in [1.807, 2.05) is 6.07 Å². The van der Waals surface area contributed by atoms with Crippen LogP contribution in [0, 0.1) is 17.2 Å². The van der Waals surface area contributed by atoms with Gasteiger partial charge in [0, 0.05) is 18.1 Å². The molecule has 1 saturated heterocycles. The van der Waals surface area contributed by atoms with E-state index in [9.17, 15) is 5.11 Å². The summed E-state index contributed by atoms with van der Waals surface area (Å²) in [5.41, 5.74) is 1.43. The summed E-state index contributed by atoms with van der Waals surface area (Å²) >= 11 is 5.87. The SMILES string of the molecule is C[C@H]1CCN(c2ccc(Cl)cc2C#N)C[C@H]1O. The Kier molecular flexibility index (Phi) is 3.56. The van der Waals surface area contributed by atoms with E-state index in [0.29, 0.717) is 23.0 Å². The highest BCUT2D eigenvalue weighted by Crippen LogP contribution is 2.28. The number of halogens is 1. The standard InChI is InChI=1S/C13H15ClN2O/c1-9-4-5-16(8-13(9)17)12-3-2-11(14)6-10(12)7-15/h2-3,6,9,13,17H,4-5,8H2,1H3/t9-,13+/m0/s1. The monoisotopic (exact) mass is 250 g/mol. The summed E-state index contributed by atoms with van der Waals surface area (Å²) in [7, 11) is 0. The van der Waals surface area contributed by atoms with Crippen molar-refractivity contribution in [2.24, 2.45) is 5.92 Å². The van der Waals surface area contributed by atoms with Gasteiger partial charge in [0.1, 0.15) is 6.07 Å². The van der Waals surface area contributed by atoms with Crippen LogP contribution in [0.5, 0.6) is 0 Å². The minimum absolute atomic E-state index is 0.323. The second kappa shape index (κ2) is 4.95. The van der Waals surface area contributed by atoms with Crippen molar-refractivity contribution in [1.82, 2.24) is 0 Å². The molecule has 1 aliphatic rings. The lowest BCUT2D eigenvalue weighted by Gasteiger charge is -2.36. The van der Waals surface area contributed by atoms with E-state index in [0.717, 1.165) is 18.7 Å². The molecule has 0 aromatic heterocycles. The van der Waals surface area contributed by atoms with Crippen molar-refractivity contribution in [2.45, 2.75) is 19.4 Å². The zero-order valence-corrected chi connectivity index (χ0v) is 10.5. The van der Waals surface area contributed by atoms with Crippen LogP contribution in [0.3, 0.4) is 0 Å². The number of piperidine rings is 1. The number of β-amino-alcohol motifs (C(OH)–C–C–N with tert-alkyl or cyclic N) is 1. The Hall–Kier alpha value is -1.24. The quantitative estimate of drug-likeness (QED) is 0.833. The Morgan fingerprint density at radius 2 is 2.29 bits per heavy atom. The van der Waals surface area contributed by atoms with Gasteiger partial charge in [-0.3, -0.25) is 0 Å². The number of hydrogen-bond donors (Lipinski definition) is 1. The van der Waals surface area contributed by atoms with Gasteiger partial charge < -0.3 is 10.0 Å². The second-order valence-electron chi connectivity index (χ2n) is 4.55. The Morgan fingerprint density at radius 1 is 1.53 bits per heavy atom. The Balaban J connectivity index is 2.26. The van der Waals surface area contributed by atoms with Crippen molar-refractivity contribution >= 4 is 17.3 Å². The molecular formula is C13H15ClN2O. The van der Waals surface area contributed by atoms with E-state index in [2.05, 4.69) is 17.9 Å². The molecule has 1 fully saturated rings. The van der Waals surface area contributed by atoms with E-state index in [1.165, 1.54) is 0 Å². The number of benzene rings is 1. The van der Waals surface area contributed by atoms with Gasteiger partial charge in [-0.2, -0.15) is 5.26 Å². The molecule has 3 nitrogen and oxygen atoms in total. The number of aliphatic hydroxyl groups excluding tert-OH is 1. The lowest BCUT2D eigenvalue weighted by atomic mass is 9.95. The number of anilines is 1. The van der Waals surface area contributed by atoms with Gasteiger partial charge in [-0.25, -0.2) is 0 Å².